The van der Waals surface area contributed by atoms with Gasteiger partial charge in [-0.15, -0.1) is 10.2 Å². The van der Waals surface area contributed by atoms with Crippen LogP contribution in [-0.2, 0) is 9.53 Å². The molecule has 1 atom stereocenters. The van der Waals surface area contributed by atoms with Crippen LogP contribution in [0.15, 0.2) is 36.4 Å². The molecule has 2 aromatic heterocycles. The lowest BCUT2D eigenvalue weighted by Gasteiger charge is -2.27. The molecule has 3 aromatic rings. The maximum atomic E-state index is 12.6. The van der Waals surface area contributed by atoms with Gasteiger partial charge < -0.3 is 19.7 Å². The molecule has 9 heteroatoms. The van der Waals surface area contributed by atoms with Gasteiger partial charge in [-0.25, -0.2) is 0 Å². The molecule has 9 nitrogen and oxygen atoms in total. The van der Waals surface area contributed by atoms with Crippen molar-refractivity contribution in [1.82, 2.24) is 20.0 Å². The summed E-state index contributed by atoms with van der Waals surface area (Å²) >= 11 is 0. The summed E-state index contributed by atoms with van der Waals surface area (Å²) in [4.78, 5) is 14.7. The van der Waals surface area contributed by atoms with E-state index in [1.165, 1.54) is 0 Å². The maximum Gasteiger partial charge on any atom is 0.226 e. The predicted molar refractivity (Wildman–Crippen MR) is 115 cm³/mol. The van der Waals surface area contributed by atoms with E-state index in [4.69, 9.17) is 9.47 Å². The van der Waals surface area contributed by atoms with E-state index in [-0.39, 0.29) is 11.8 Å². The summed E-state index contributed by atoms with van der Waals surface area (Å²) in [6.07, 6.45) is 0.369. The van der Waals surface area contributed by atoms with Crippen LogP contribution in [0.3, 0.4) is 0 Å². The number of amides is 1. The van der Waals surface area contributed by atoms with Gasteiger partial charge in [0.1, 0.15) is 11.6 Å². The van der Waals surface area contributed by atoms with Crippen molar-refractivity contribution in [2.45, 2.75) is 19.3 Å². The lowest BCUT2D eigenvalue weighted by atomic mass is 9.86. The topological polar surface area (TPSA) is 94.4 Å². The lowest BCUT2D eigenvalue weighted by molar-refractivity contribution is -0.116. The van der Waals surface area contributed by atoms with Crippen LogP contribution in [-0.4, -0.2) is 59.3 Å². The number of nitrogens with zero attached hydrogens (tertiary/aromatic N) is 5. The minimum absolute atomic E-state index is 0.0487. The van der Waals surface area contributed by atoms with Crippen LogP contribution >= 0.6 is 0 Å². The van der Waals surface area contributed by atoms with Crippen LogP contribution < -0.4 is 15.0 Å². The van der Waals surface area contributed by atoms with Gasteiger partial charge in [0.05, 0.1) is 26.0 Å². The number of rotatable bonds is 4. The van der Waals surface area contributed by atoms with Crippen molar-refractivity contribution < 1.29 is 14.3 Å². The number of hydrogen-bond donors (Lipinski definition) is 1. The number of aryl methyl sites for hydroxylation is 1. The highest BCUT2D eigenvalue weighted by molar-refractivity contribution is 5.95. The maximum absolute atomic E-state index is 12.6. The quantitative estimate of drug-likeness (QED) is 0.692. The Balaban J connectivity index is 1.50. The number of fused-ring (bicyclic) bond motifs is 1. The van der Waals surface area contributed by atoms with E-state index in [9.17, 15) is 4.79 Å². The van der Waals surface area contributed by atoms with Crippen molar-refractivity contribution in [2.24, 2.45) is 0 Å². The van der Waals surface area contributed by atoms with E-state index < -0.39 is 0 Å². The first-order valence-electron chi connectivity index (χ1n) is 10.3. The van der Waals surface area contributed by atoms with Crippen LogP contribution in [0.1, 0.15) is 29.2 Å². The fraction of sp³-hybridized carbons (Fsp3) is 0.364. The van der Waals surface area contributed by atoms with Crippen molar-refractivity contribution in [3.8, 4) is 11.6 Å². The number of carbonyl (C=O) groups is 1. The first kappa shape index (κ1) is 19.5. The zero-order valence-electron chi connectivity index (χ0n) is 17.5. The number of morpholine rings is 1. The summed E-state index contributed by atoms with van der Waals surface area (Å²) in [5.41, 5.74) is 2.91. The van der Waals surface area contributed by atoms with Crippen LogP contribution in [0.2, 0.25) is 0 Å². The minimum atomic E-state index is -0.0796. The number of aromatic nitrogens is 4. The molecule has 1 N–H and O–H groups in total. The third-order valence-corrected chi connectivity index (χ3v) is 5.81. The Morgan fingerprint density at radius 1 is 1.06 bits per heavy atom. The molecule has 0 radical (unpaired) electrons. The Bertz CT molecular complexity index is 1090. The first-order valence-corrected chi connectivity index (χ1v) is 10.3. The fourth-order valence-electron chi connectivity index (χ4n) is 4.23. The van der Waals surface area contributed by atoms with Crippen molar-refractivity contribution in [1.29, 1.82) is 0 Å². The van der Waals surface area contributed by atoms with Gasteiger partial charge in [0.2, 0.25) is 5.91 Å². The first-order chi connectivity index (χ1) is 15.1. The zero-order chi connectivity index (χ0) is 21.4. The molecule has 160 valence electrons. The smallest absolute Gasteiger partial charge is 0.226 e. The molecule has 4 heterocycles. The van der Waals surface area contributed by atoms with E-state index in [2.05, 4.69) is 25.5 Å². The highest BCUT2D eigenvalue weighted by Gasteiger charge is 2.33. The number of carbonyl (C=O) groups excluding carboxylic acids is 1. The summed E-state index contributed by atoms with van der Waals surface area (Å²) in [7, 11) is 1.64. The highest BCUT2D eigenvalue weighted by atomic mass is 16.5. The van der Waals surface area contributed by atoms with Crippen LogP contribution in [0.5, 0.6) is 5.75 Å². The van der Waals surface area contributed by atoms with Crippen molar-refractivity contribution in [3.05, 3.63) is 53.2 Å². The van der Waals surface area contributed by atoms with Crippen LogP contribution in [0.4, 0.5) is 11.6 Å². The van der Waals surface area contributed by atoms with Crippen LogP contribution in [0.25, 0.3) is 5.82 Å². The molecular weight excluding hydrogens is 396 g/mol. The molecule has 2 aliphatic heterocycles. The van der Waals surface area contributed by atoms with Gasteiger partial charge in [0.15, 0.2) is 11.6 Å². The van der Waals surface area contributed by atoms with E-state index in [0.29, 0.717) is 31.3 Å². The molecule has 0 bridgehead atoms. The Morgan fingerprint density at radius 3 is 2.45 bits per heavy atom. The molecule has 1 fully saturated rings. The van der Waals surface area contributed by atoms with Crippen LogP contribution in [0, 0.1) is 6.92 Å². The minimum Gasteiger partial charge on any atom is -0.497 e. The summed E-state index contributed by atoms with van der Waals surface area (Å²) in [6, 6.07) is 11.6. The normalized spacial score (nSPS) is 18.5. The number of methoxy groups -OCH3 is 1. The van der Waals surface area contributed by atoms with Gasteiger partial charge in [-0.2, -0.15) is 9.78 Å². The summed E-state index contributed by atoms with van der Waals surface area (Å²) < 4.78 is 12.3. The third-order valence-electron chi connectivity index (χ3n) is 5.81. The Morgan fingerprint density at radius 2 is 1.77 bits per heavy atom. The summed E-state index contributed by atoms with van der Waals surface area (Å²) in [5.74, 6) is 2.69. The van der Waals surface area contributed by atoms with Crippen molar-refractivity contribution in [3.63, 3.8) is 0 Å². The molecule has 0 spiro atoms. The Hall–Kier alpha value is -3.46. The van der Waals surface area contributed by atoms with Gasteiger partial charge in [0.25, 0.3) is 0 Å². The largest absolute Gasteiger partial charge is 0.497 e. The van der Waals surface area contributed by atoms with E-state index in [1.807, 2.05) is 43.3 Å². The zero-order valence-corrected chi connectivity index (χ0v) is 17.5. The Kier molecular flexibility index (Phi) is 5.03. The van der Waals surface area contributed by atoms with E-state index in [1.54, 1.807) is 11.8 Å². The molecule has 1 aromatic carbocycles. The molecule has 5 rings (SSSR count). The molecule has 1 saturated heterocycles. The van der Waals surface area contributed by atoms with Gasteiger partial charge in [-0.3, -0.25) is 4.79 Å². The number of anilines is 2. The van der Waals surface area contributed by atoms with Gasteiger partial charge in [-0.1, -0.05) is 12.1 Å². The molecule has 2 aliphatic rings. The lowest BCUT2D eigenvalue weighted by Crippen LogP contribution is -2.36. The number of nitrogens with one attached hydrogen (secondary N) is 1. The third kappa shape index (κ3) is 3.61. The summed E-state index contributed by atoms with van der Waals surface area (Å²) in [6.45, 7) is 4.93. The molecule has 31 heavy (non-hydrogen) atoms. The number of benzene rings is 1. The predicted octanol–water partition coefficient (Wildman–Crippen LogP) is 2.29. The Labute approximate surface area is 180 Å². The highest BCUT2D eigenvalue weighted by Crippen LogP contribution is 2.40. The monoisotopic (exact) mass is 420 g/mol. The molecule has 0 aliphatic carbocycles. The molecule has 1 amide bonds. The van der Waals surface area contributed by atoms with Gasteiger partial charge in [0, 0.05) is 31.0 Å². The molecular formula is C22H24N6O3. The van der Waals surface area contributed by atoms with Gasteiger partial charge in [-0.05, 0) is 36.8 Å². The van der Waals surface area contributed by atoms with E-state index >= 15 is 0 Å². The SMILES string of the molecule is COc1ccc([C@@H]2CC(=O)Nc3c2c(C)nn3-c2ccc(N3CCOCC3)nn2)cc1. The second kappa shape index (κ2) is 7.99. The number of ether oxygens (including phenoxy) is 2. The van der Waals surface area contributed by atoms with Gasteiger partial charge >= 0.3 is 0 Å². The average molecular weight is 420 g/mol. The number of hydrogen-bond acceptors (Lipinski definition) is 7. The average Bonchev–Trinajstić information content (AvgIpc) is 3.15. The fourth-order valence-corrected chi connectivity index (χ4v) is 4.23. The molecule has 0 unspecified atom stereocenters. The molecule has 0 saturated carbocycles. The standard InChI is InChI=1S/C22H24N6O3/c1-14-21-17(15-3-5-16(30-2)6-4-15)13-20(29)23-22(21)28(26-14)19-8-7-18(24-25-19)27-9-11-31-12-10-27/h3-8,17H,9-13H2,1-2H3,(H,23,29)/t17-/m0/s1. The second-order valence-corrected chi connectivity index (χ2v) is 7.69. The second-order valence-electron chi connectivity index (χ2n) is 7.69. The summed E-state index contributed by atoms with van der Waals surface area (Å²) in [5, 5.41) is 16.5. The van der Waals surface area contributed by atoms with Crippen molar-refractivity contribution >= 4 is 17.5 Å². The van der Waals surface area contributed by atoms with E-state index in [0.717, 1.165) is 41.5 Å². The van der Waals surface area contributed by atoms with Crippen molar-refractivity contribution in [2.75, 3.05) is 43.6 Å².